The van der Waals surface area contributed by atoms with Gasteiger partial charge in [-0.2, -0.15) is 9.52 Å². The Hall–Kier alpha value is -3.21. The molecule has 0 amide bonds. The third kappa shape index (κ3) is 3.80. The molecule has 1 N–H and O–H groups in total. The number of sulfonamides is 1. The summed E-state index contributed by atoms with van der Waals surface area (Å²) in [6.07, 6.45) is 1.88. The normalized spacial score (nSPS) is 17.7. The van der Waals surface area contributed by atoms with Crippen molar-refractivity contribution in [2.45, 2.75) is 30.5 Å². The molecule has 0 bridgehead atoms. The fourth-order valence-electron chi connectivity index (χ4n) is 3.87. The van der Waals surface area contributed by atoms with Crippen molar-refractivity contribution in [1.82, 2.24) is 29.9 Å². The average molecular weight is 436 g/mol. The van der Waals surface area contributed by atoms with Gasteiger partial charge in [-0.15, -0.1) is 10.2 Å². The standard InChI is InChI=1S/C21H20N6O3S/c28-31(29,19-9-3-7-15-8-4-10-22-21(15)19)27-12-16-5-1-2-6-17(16)13-30-14-18(27)11-20-23-25-26-24-20/h1-10,18H,11-14H2,(H,23,24,25,26). The van der Waals surface area contributed by atoms with Crippen molar-refractivity contribution >= 4 is 20.9 Å². The number of hydrogen-bond acceptors (Lipinski definition) is 7. The number of tetrazole rings is 1. The summed E-state index contributed by atoms with van der Waals surface area (Å²) in [6.45, 7) is 0.844. The van der Waals surface area contributed by atoms with Crippen molar-refractivity contribution < 1.29 is 13.2 Å². The van der Waals surface area contributed by atoms with Crippen molar-refractivity contribution in [3.63, 3.8) is 0 Å². The summed E-state index contributed by atoms with van der Waals surface area (Å²) >= 11 is 0. The van der Waals surface area contributed by atoms with E-state index in [2.05, 4.69) is 25.6 Å². The lowest BCUT2D eigenvalue weighted by atomic mass is 10.1. The number of pyridine rings is 1. The molecule has 10 heteroatoms. The molecule has 1 aliphatic rings. The van der Waals surface area contributed by atoms with Gasteiger partial charge in [0.2, 0.25) is 10.0 Å². The van der Waals surface area contributed by atoms with Gasteiger partial charge in [-0.3, -0.25) is 4.98 Å². The number of para-hydroxylation sites is 1. The third-order valence-electron chi connectivity index (χ3n) is 5.41. The number of ether oxygens (including phenoxy) is 1. The molecule has 3 heterocycles. The first-order valence-corrected chi connectivity index (χ1v) is 11.3. The minimum atomic E-state index is -3.92. The van der Waals surface area contributed by atoms with Gasteiger partial charge < -0.3 is 4.74 Å². The van der Waals surface area contributed by atoms with Gasteiger partial charge in [0.1, 0.15) is 4.90 Å². The van der Waals surface area contributed by atoms with E-state index in [1.54, 1.807) is 24.4 Å². The number of aromatic nitrogens is 5. The highest BCUT2D eigenvalue weighted by molar-refractivity contribution is 7.89. The number of hydrogen-bond donors (Lipinski definition) is 1. The summed E-state index contributed by atoms with van der Waals surface area (Å²) in [5.74, 6) is 0.429. The first-order valence-electron chi connectivity index (χ1n) is 9.85. The second-order valence-electron chi connectivity index (χ2n) is 7.35. The van der Waals surface area contributed by atoms with Crippen LogP contribution in [0.25, 0.3) is 10.9 Å². The number of H-pyrrole nitrogens is 1. The molecule has 0 spiro atoms. The van der Waals surface area contributed by atoms with Crippen LogP contribution < -0.4 is 0 Å². The highest BCUT2D eigenvalue weighted by Gasteiger charge is 2.35. The van der Waals surface area contributed by atoms with Gasteiger partial charge >= 0.3 is 0 Å². The lowest BCUT2D eigenvalue weighted by Crippen LogP contribution is -2.45. The van der Waals surface area contributed by atoms with Crippen LogP contribution in [0.4, 0.5) is 0 Å². The highest BCUT2D eigenvalue weighted by Crippen LogP contribution is 2.29. The second kappa shape index (κ2) is 8.14. The number of nitrogens with zero attached hydrogens (tertiary/aromatic N) is 5. The predicted octanol–water partition coefficient (Wildman–Crippen LogP) is 2.08. The second-order valence-corrected chi connectivity index (χ2v) is 9.21. The topological polar surface area (TPSA) is 114 Å². The maximum Gasteiger partial charge on any atom is 0.245 e. The van der Waals surface area contributed by atoms with Gasteiger partial charge in [0.05, 0.1) is 24.8 Å². The van der Waals surface area contributed by atoms with Crippen LogP contribution in [-0.2, 0) is 34.3 Å². The van der Waals surface area contributed by atoms with Crippen LogP contribution in [0, 0.1) is 0 Å². The summed E-state index contributed by atoms with van der Waals surface area (Å²) < 4.78 is 35.3. The molecule has 1 unspecified atom stereocenters. The molecule has 0 fully saturated rings. The molecule has 2 aromatic heterocycles. The monoisotopic (exact) mass is 436 g/mol. The number of nitrogens with one attached hydrogen (secondary N) is 1. The molecular formula is C21H20N6O3S. The molecule has 0 radical (unpaired) electrons. The largest absolute Gasteiger partial charge is 0.375 e. The molecule has 31 heavy (non-hydrogen) atoms. The summed E-state index contributed by atoms with van der Waals surface area (Å²) in [6, 6.07) is 16.0. The van der Waals surface area contributed by atoms with Crippen LogP contribution in [-0.4, -0.2) is 51.0 Å². The Labute approximate surface area is 179 Å². The first-order chi connectivity index (χ1) is 15.1. The van der Waals surface area contributed by atoms with E-state index in [0.717, 1.165) is 16.5 Å². The number of fused-ring (bicyclic) bond motifs is 2. The van der Waals surface area contributed by atoms with Gasteiger partial charge in [0.15, 0.2) is 5.82 Å². The zero-order valence-corrected chi connectivity index (χ0v) is 17.4. The van der Waals surface area contributed by atoms with E-state index in [9.17, 15) is 8.42 Å². The van der Waals surface area contributed by atoms with Crippen LogP contribution in [0.5, 0.6) is 0 Å². The van der Waals surface area contributed by atoms with Gasteiger partial charge in [-0.1, -0.05) is 47.7 Å². The van der Waals surface area contributed by atoms with E-state index in [0.29, 0.717) is 17.9 Å². The minimum absolute atomic E-state index is 0.168. The smallest absolute Gasteiger partial charge is 0.245 e. The molecular weight excluding hydrogens is 416 g/mol. The van der Waals surface area contributed by atoms with Crippen LogP contribution in [0.3, 0.4) is 0 Å². The van der Waals surface area contributed by atoms with Crippen LogP contribution >= 0.6 is 0 Å². The molecule has 0 saturated heterocycles. The van der Waals surface area contributed by atoms with E-state index in [1.807, 2.05) is 36.4 Å². The maximum atomic E-state index is 14.0. The predicted molar refractivity (Wildman–Crippen MR) is 112 cm³/mol. The summed E-state index contributed by atoms with van der Waals surface area (Å²) in [7, 11) is -3.92. The van der Waals surface area contributed by atoms with Crippen molar-refractivity contribution in [2.24, 2.45) is 0 Å². The van der Waals surface area contributed by atoms with Crippen LogP contribution in [0.2, 0.25) is 0 Å². The summed E-state index contributed by atoms with van der Waals surface area (Å²) in [5, 5.41) is 14.8. The van der Waals surface area contributed by atoms with E-state index >= 15 is 0 Å². The summed E-state index contributed by atoms with van der Waals surface area (Å²) in [5.41, 5.74) is 2.31. The van der Waals surface area contributed by atoms with Gasteiger partial charge in [0, 0.05) is 24.5 Å². The Morgan fingerprint density at radius 1 is 1.06 bits per heavy atom. The van der Waals surface area contributed by atoms with E-state index in [1.165, 1.54) is 4.31 Å². The van der Waals surface area contributed by atoms with Crippen molar-refractivity contribution in [1.29, 1.82) is 0 Å². The van der Waals surface area contributed by atoms with E-state index < -0.39 is 16.1 Å². The first kappa shape index (κ1) is 19.7. The Morgan fingerprint density at radius 3 is 2.74 bits per heavy atom. The summed E-state index contributed by atoms with van der Waals surface area (Å²) in [4.78, 5) is 4.52. The Morgan fingerprint density at radius 2 is 1.90 bits per heavy atom. The molecule has 0 saturated carbocycles. The average Bonchev–Trinajstić information content (AvgIpc) is 3.29. The molecule has 0 aliphatic carbocycles. The van der Waals surface area contributed by atoms with Crippen LogP contribution in [0.1, 0.15) is 17.0 Å². The van der Waals surface area contributed by atoms with Crippen molar-refractivity contribution in [3.05, 3.63) is 77.7 Å². The molecule has 1 atom stereocenters. The zero-order chi connectivity index (χ0) is 21.3. The Bertz CT molecular complexity index is 1300. The maximum absolute atomic E-state index is 14.0. The number of benzene rings is 2. The minimum Gasteiger partial charge on any atom is -0.375 e. The van der Waals surface area contributed by atoms with Crippen molar-refractivity contribution in [3.8, 4) is 0 Å². The quantitative estimate of drug-likeness (QED) is 0.521. The molecule has 4 aromatic rings. The Balaban J connectivity index is 1.63. The Kier molecular flexibility index (Phi) is 5.18. The number of rotatable bonds is 4. The molecule has 2 aromatic carbocycles. The molecule has 9 nitrogen and oxygen atoms in total. The van der Waals surface area contributed by atoms with Gasteiger partial charge in [0.25, 0.3) is 0 Å². The fraction of sp³-hybridized carbons (Fsp3) is 0.238. The van der Waals surface area contributed by atoms with E-state index in [-0.39, 0.29) is 24.5 Å². The van der Waals surface area contributed by atoms with Crippen LogP contribution in [0.15, 0.2) is 65.7 Å². The van der Waals surface area contributed by atoms with E-state index in [4.69, 9.17) is 4.74 Å². The fourth-order valence-corrected chi connectivity index (χ4v) is 5.63. The highest BCUT2D eigenvalue weighted by atomic mass is 32.2. The van der Waals surface area contributed by atoms with Gasteiger partial charge in [-0.05, 0) is 23.3 Å². The van der Waals surface area contributed by atoms with Gasteiger partial charge in [-0.25, -0.2) is 8.42 Å². The third-order valence-corrected chi connectivity index (χ3v) is 7.34. The lowest BCUT2D eigenvalue weighted by Gasteiger charge is -2.33. The lowest BCUT2D eigenvalue weighted by molar-refractivity contribution is 0.0667. The SMILES string of the molecule is O=S(=O)(c1cccc2cccnc12)N1Cc2ccccc2COCC1Cc1nn[nH]n1. The molecule has 1 aliphatic heterocycles. The molecule has 5 rings (SSSR count). The van der Waals surface area contributed by atoms with Crippen molar-refractivity contribution in [2.75, 3.05) is 6.61 Å². The zero-order valence-electron chi connectivity index (χ0n) is 16.5. The number of aromatic amines is 1. The molecule has 158 valence electrons.